The summed E-state index contributed by atoms with van der Waals surface area (Å²) in [6.45, 7) is 5.77. The van der Waals surface area contributed by atoms with Gasteiger partial charge in [0.1, 0.15) is 0 Å². The number of hydrogen-bond acceptors (Lipinski definition) is 6. The summed E-state index contributed by atoms with van der Waals surface area (Å²) in [5.41, 5.74) is 1.68. The molecule has 0 spiro atoms. The Hall–Kier alpha value is -1.86. The van der Waals surface area contributed by atoms with Crippen LogP contribution in [0.5, 0.6) is 5.19 Å². The van der Waals surface area contributed by atoms with Crippen molar-refractivity contribution in [3.05, 3.63) is 36.0 Å². The molecule has 3 aromatic rings. The maximum absolute atomic E-state index is 12.7. The fourth-order valence-corrected chi connectivity index (χ4v) is 4.21. The Morgan fingerprint density at radius 1 is 1.26 bits per heavy atom. The molecule has 0 saturated heterocycles. The van der Waals surface area contributed by atoms with Crippen molar-refractivity contribution in [3.63, 3.8) is 0 Å². The number of nitrogens with zero attached hydrogens (tertiary/aromatic N) is 2. The summed E-state index contributed by atoms with van der Waals surface area (Å²) >= 11 is 2.77. The van der Waals surface area contributed by atoms with Gasteiger partial charge in [-0.05, 0) is 38.2 Å². The van der Waals surface area contributed by atoms with Gasteiger partial charge in [-0.15, -0.1) is 5.10 Å². The second kappa shape index (κ2) is 6.72. The number of para-hydroxylation sites is 1. The van der Waals surface area contributed by atoms with Crippen molar-refractivity contribution in [1.82, 2.24) is 15.2 Å². The number of ether oxygens (including phenoxy) is 1. The van der Waals surface area contributed by atoms with E-state index in [4.69, 9.17) is 4.74 Å². The largest absolute Gasteiger partial charge is 0.466 e. The van der Waals surface area contributed by atoms with Crippen molar-refractivity contribution in [3.8, 4) is 5.19 Å². The summed E-state index contributed by atoms with van der Waals surface area (Å²) in [6, 6.07) is 7.80. The van der Waals surface area contributed by atoms with Crippen LogP contribution in [0.15, 0.2) is 34.8 Å². The topological polar surface area (TPSA) is 67.9 Å². The lowest BCUT2D eigenvalue weighted by Crippen LogP contribution is -2.12. The molecule has 0 aliphatic carbocycles. The second-order valence-electron chi connectivity index (χ2n) is 5.37. The molecule has 7 heteroatoms. The van der Waals surface area contributed by atoms with Gasteiger partial charge in [0.15, 0.2) is 10.1 Å². The van der Waals surface area contributed by atoms with Crippen LogP contribution in [0.4, 0.5) is 0 Å². The van der Waals surface area contributed by atoms with E-state index in [9.17, 15) is 4.79 Å². The number of ketones is 1. The Morgan fingerprint density at radius 3 is 2.83 bits per heavy atom. The molecule has 3 rings (SSSR count). The quantitative estimate of drug-likeness (QED) is 0.535. The van der Waals surface area contributed by atoms with Crippen molar-refractivity contribution in [1.29, 1.82) is 0 Å². The number of nitrogens with one attached hydrogen (secondary N) is 1. The van der Waals surface area contributed by atoms with Gasteiger partial charge in [0.25, 0.3) is 5.19 Å². The molecule has 1 aromatic carbocycles. The lowest BCUT2D eigenvalue weighted by Gasteiger charge is -2.07. The molecule has 5 nitrogen and oxygen atoms in total. The molecule has 0 aliphatic rings. The molecular weight excluding hydrogens is 330 g/mol. The van der Waals surface area contributed by atoms with E-state index in [1.165, 1.54) is 23.1 Å². The van der Waals surface area contributed by atoms with Crippen molar-refractivity contribution in [2.24, 2.45) is 0 Å². The third-order valence-corrected chi connectivity index (χ3v) is 5.22. The minimum atomic E-state index is -0.242. The lowest BCUT2D eigenvalue weighted by molar-refractivity contribution is 0.0995. The van der Waals surface area contributed by atoms with E-state index in [-0.39, 0.29) is 17.1 Å². The Morgan fingerprint density at radius 2 is 2.04 bits per heavy atom. The number of aromatic nitrogens is 3. The van der Waals surface area contributed by atoms with Crippen LogP contribution in [0, 0.1) is 0 Å². The Labute approximate surface area is 142 Å². The number of hydrogen-bond donors (Lipinski definition) is 1. The van der Waals surface area contributed by atoms with Crippen LogP contribution in [0.2, 0.25) is 0 Å². The predicted octanol–water partition coefficient (Wildman–Crippen LogP) is 4.17. The van der Waals surface area contributed by atoms with E-state index in [0.717, 1.165) is 15.2 Å². The number of carbonyl (C=O) groups is 1. The van der Waals surface area contributed by atoms with Gasteiger partial charge in [-0.25, -0.2) is 0 Å². The number of benzene rings is 1. The number of Topliss-reactive ketones (excluding diaryl/α,β-unsaturated/α-hetero) is 1. The monoisotopic (exact) mass is 347 g/mol. The van der Waals surface area contributed by atoms with E-state index in [1.54, 1.807) is 6.20 Å². The first-order valence-electron chi connectivity index (χ1n) is 7.31. The molecule has 0 saturated carbocycles. The molecule has 0 amide bonds. The fourth-order valence-electron chi connectivity index (χ4n) is 2.19. The second-order valence-corrected chi connectivity index (χ2v) is 7.90. The molecule has 23 heavy (non-hydrogen) atoms. The number of fused-ring (bicyclic) bond motifs is 1. The lowest BCUT2D eigenvalue weighted by atomic mass is 10.1. The van der Waals surface area contributed by atoms with E-state index in [0.29, 0.717) is 10.8 Å². The highest BCUT2D eigenvalue weighted by molar-refractivity contribution is 8.02. The Bertz CT molecular complexity index is 825. The third kappa shape index (κ3) is 3.56. The van der Waals surface area contributed by atoms with Crippen molar-refractivity contribution < 1.29 is 9.53 Å². The SMILES string of the molecule is CC(C)Oc1nnc(SC(C)C(=O)c2c[nH]c3ccccc23)s1. The van der Waals surface area contributed by atoms with Gasteiger partial charge in [0.2, 0.25) is 0 Å². The molecule has 1 N–H and O–H groups in total. The van der Waals surface area contributed by atoms with Crippen LogP contribution in [0.1, 0.15) is 31.1 Å². The first-order valence-corrected chi connectivity index (χ1v) is 9.01. The summed E-state index contributed by atoms with van der Waals surface area (Å²) < 4.78 is 6.25. The highest BCUT2D eigenvalue weighted by atomic mass is 32.2. The molecule has 1 atom stereocenters. The summed E-state index contributed by atoms with van der Waals surface area (Å²) in [5.74, 6) is 0.0778. The van der Waals surface area contributed by atoms with Gasteiger partial charge in [-0.2, -0.15) is 0 Å². The minimum absolute atomic E-state index is 0.0612. The zero-order valence-corrected chi connectivity index (χ0v) is 14.7. The van der Waals surface area contributed by atoms with Gasteiger partial charge in [0.05, 0.1) is 11.4 Å². The van der Waals surface area contributed by atoms with Crippen molar-refractivity contribution in [2.45, 2.75) is 36.5 Å². The van der Waals surface area contributed by atoms with Gasteiger partial charge in [-0.3, -0.25) is 4.79 Å². The van der Waals surface area contributed by atoms with Gasteiger partial charge in [-0.1, -0.05) is 35.1 Å². The number of rotatable bonds is 6. The normalized spacial score (nSPS) is 12.7. The number of aromatic amines is 1. The van der Waals surface area contributed by atoms with Crippen LogP contribution >= 0.6 is 23.1 Å². The zero-order valence-electron chi connectivity index (χ0n) is 13.1. The molecule has 1 unspecified atom stereocenters. The number of H-pyrrole nitrogens is 1. The van der Waals surface area contributed by atoms with Crippen LogP contribution in [-0.4, -0.2) is 32.3 Å². The van der Waals surface area contributed by atoms with Crippen LogP contribution < -0.4 is 4.74 Å². The maximum Gasteiger partial charge on any atom is 0.295 e. The summed E-state index contributed by atoms with van der Waals surface area (Å²) in [7, 11) is 0. The standard InChI is InChI=1S/C16H17N3O2S2/c1-9(2)21-15-18-19-16(23-15)22-10(3)14(20)12-8-17-13-7-5-4-6-11(12)13/h4-10,17H,1-3H3. The maximum atomic E-state index is 12.7. The Balaban J connectivity index is 1.74. The fraction of sp³-hybridized carbons (Fsp3) is 0.312. The summed E-state index contributed by atoms with van der Waals surface area (Å²) in [6.07, 6.45) is 1.84. The molecule has 0 fully saturated rings. The number of carbonyl (C=O) groups excluding carboxylic acids is 1. The molecule has 120 valence electrons. The van der Waals surface area contributed by atoms with Gasteiger partial charge >= 0.3 is 0 Å². The van der Waals surface area contributed by atoms with Crippen LogP contribution in [0.3, 0.4) is 0 Å². The van der Waals surface area contributed by atoms with E-state index in [1.807, 2.05) is 45.0 Å². The average Bonchev–Trinajstić information content (AvgIpc) is 3.12. The summed E-state index contributed by atoms with van der Waals surface area (Å²) in [4.78, 5) is 15.8. The van der Waals surface area contributed by atoms with Gasteiger partial charge < -0.3 is 9.72 Å². The molecule has 2 heterocycles. The Kier molecular flexibility index (Phi) is 4.68. The smallest absolute Gasteiger partial charge is 0.295 e. The van der Waals surface area contributed by atoms with Crippen LogP contribution in [0.25, 0.3) is 10.9 Å². The number of thioether (sulfide) groups is 1. The molecular formula is C16H17N3O2S2. The molecule has 0 bridgehead atoms. The van der Waals surface area contributed by atoms with Gasteiger partial charge in [0, 0.05) is 22.7 Å². The minimum Gasteiger partial charge on any atom is -0.466 e. The van der Waals surface area contributed by atoms with Crippen molar-refractivity contribution in [2.75, 3.05) is 0 Å². The highest BCUT2D eigenvalue weighted by Gasteiger charge is 2.21. The van der Waals surface area contributed by atoms with Crippen LogP contribution in [-0.2, 0) is 0 Å². The first-order chi connectivity index (χ1) is 11.0. The average molecular weight is 347 g/mol. The van der Waals surface area contributed by atoms with E-state index >= 15 is 0 Å². The molecule has 2 aromatic heterocycles. The highest BCUT2D eigenvalue weighted by Crippen LogP contribution is 2.32. The molecule has 0 radical (unpaired) electrons. The third-order valence-electron chi connectivity index (χ3n) is 3.23. The van der Waals surface area contributed by atoms with Crippen molar-refractivity contribution >= 4 is 39.8 Å². The van der Waals surface area contributed by atoms with E-state index < -0.39 is 0 Å². The predicted molar refractivity (Wildman–Crippen MR) is 93.6 cm³/mol. The zero-order chi connectivity index (χ0) is 16.4. The molecule has 0 aliphatic heterocycles. The van der Waals surface area contributed by atoms with E-state index in [2.05, 4.69) is 15.2 Å². The summed E-state index contributed by atoms with van der Waals surface area (Å²) in [5, 5.41) is 9.32. The first kappa shape index (κ1) is 16.0.